The molecule has 214 valence electrons. The molecular formula is C42H26BNOS. The van der Waals surface area contributed by atoms with Crippen LogP contribution < -0.4 is 15.7 Å². The summed E-state index contributed by atoms with van der Waals surface area (Å²) < 4.78 is 9.21. The van der Waals surface area contributed by atoms with Gasteiger partial charge in [-0.1, -0.05) is 115 Å². The first-order valence-corrected chi connectivity index (χ1v) is 16.6. The highest BCUT2D eigenvalue weighted by molar-refractivity contribution is 8.28. The SMILES string of the molecule is c1ccc(-c2cc3c4c(c2)-c2ccccc2SB4c2cc(-c4ccccc4-n4c5ccccc5c5ccccc54)ccc2O3)cc1. The molecule has 2 aliphatic heterocycles. The fraction of sp³-hybridized carbons (Fsp3) is 0. The molecule has 0 N–H and O–H groups in total. The van der Waals surface area contributed by atoms with Crippen molar-refractivity contribution >= 4 is 50.3 Å². The fourth-order valence-electron chi connectivity index (χ4n) is 7.43. The molecule has 0 aliphatic carbocycles. The van der Waals surface area contributed by atoms with Crippen molar-refractivity contribution in [2.75, 3.05) is 0 Å². The van der Waals surface area contributed by atoms with Crippen LogP contribution in [0.2, 0.25) is 0 Å². The van der Waals surface area contributed by atoms with Crippen LogP contribution in [0.25, 0.3) is 60.9 Å². The standard InChI is InChI=1S/C42H26BNOS/c1-2-12-27(13-3-1)29-24-34-33-17-7-11-21-41(33)46-43-35-25-28(22-23-39(35)45-40(26-29)42(34)43)30-14-4-8-18-36(30)44-37-19-9-5-15-31(37)32-16-6-10-20-38(32)44/h1-26H. The Bertz CT molecular complexity index is 2450. The Morgan fingerprint density at radius 3 is 1.96 bits per heavy atom. The fourth-order valence-corrected chi connectivity index (χ4v) is 8.81. The smallest absolute Gasteiger partial charge is 0.289 e. The average molecular weight is 604 g/mol. The van der Waals surface area contributed by atoms with Crippen LogP contribution in [0.5, 0.6) is 11.5 Å². The molecule has 0 fully saturated rings. The van der Waals surface area contributed by atoms with E-state index in [0.29, 0.717) is 0 Å². The van der Waals surface area contributed by atoms with E-state index >= 15 is 0 Å². The maximum absolute atomic E-state index is 6.79. The molecule has 0 bridgehead atoms. The second-order valence-corrected chi connectivity index (χ2v) is 13.2. The van der Waals surface area contributed by atoms with Gasteiger partial charge >= 0.3 is 0 Å². The molecule has 1 aromatic heterocycles. The summed E-state index contributed by atoms with van der Waals surface area (Å²) in [5.74, 6) is 2.02. The van der Waals surface area contributed by atoms with Gasteiger partial charge in [-0.25, -0.2) is 0 Å². The molecule has 3 heterocycles. The van der Waals surface area contributed by atoms with Crippen molar-refractivity contribution in [1.82, 2.24) is 4.57 Å². The molecule has 0 spiro atoms. The second kappa shape index (κ2) is 10.0. The lowest BCUT2D eigenvalue weighted by Crippen LogP contribution is -2.46. The zero-order valence-corrected chi connectivity index (χ0v) is 25.7. The first-order valence-electron chi connectivity index (χ1n) is 15.7. The summed E-state index contributed by atoms with van der Waals surface area (Å²) in [7, 11) is 0. The molecule has 0 unspecified atom stereocenters. The van der Waals surface area contributed by atoms with E-state index in [-0.39, 0.29) is 5.99 Å². The summed E-state index contributed by atoms with van der Waals surface area (Å²) >= 11 is 1.93. The summed E-state index contributed by atoms with van der Waals surface area (Å²) in [6.45, 7) is 0. The van der Waals surface area contributed by atoms with Crippen LogP contribution in [0.1, 0.15) is 0 Å². The summed E-state index contributed by atoms with van der Waals surface area (Å²) in [5, 5.41) is 2.53. The van der Waals surface area contributed by atoms with Crippen molar-refractivity contribution in [2.45, 2.75) is 4.90 Å². The number of ether oxygens (including phenoxy) is 1. The van der Waals surface area contributed by atoms with Crippen molar-refractivity contribution in [3.63, 3.8) is 0 Å². The molecule has 4 heteroatoms. The maximum Gasteiger partial charge on any atom is 0.289 e. The molecule has 0 atom stereocenters. The lowest BCUT2D eigenvalue weighted by Gasteiger charge is -2.33. The quantitative estimate of drug-likeness (QED) is 0.187. The van der Waals surface area contributed by atoms with Crippen LogP contribution in [0.3, 0.4) is 0 Å². The summed E-state index contributed by atoms with van der Waals surface area (Å²) in [6, 6.07) is 57.0. The first-order chi connectivity index (χ1) is 22.8. The predicted molar refractivity (Wildman–Crippen MR) is 194 cm³/mol. The molecule has 8 aromatic rings. The van der Waals surface area contributed by atoms with Gasteiger partial charge in [-0.3, -0.25) is 0 Å². The van der Waals surface area contributed by atoms with Gasteiger partial charge in [0.2, 0.25) is 0 Å². The van der Waals surface area contributed by atoms with Gasteiger partial charge in [-0.05, 0) is 81.2 Å². The highest BCUT2D eigenvalue weighted by atomic mass is 32.2. The summed E-state index contributed by atoms with van der Waals surface area (Å²) in [4.78, 5) is 1.31. The van der Waals surface area contributed by atoms with Gasteiger partial charge < -0.3 is 9.30 Å². The van der Waals surface area contributed by atoms with Gasteiger partial charge in [0, 0.05) is 21.2 Å². The van der Waals surface area contributed by atoms with E-state index in [1.165, 1.54) is 76.7 Å². The van der Waals surface area contributed by atoms with Gasteiger partial charge in [-0.15, -0.1) is 0 Å². The summed E-state index contributed by atoms with van der Waals surface area (Å²) in [5.41, 5.74) is 13.4. The second-order valence-electron chi connectivity index (χ2n) is 12.0. The monoisotopic (exact) mass is 603 g/mol. The third kappa shape index (κ3) is 3.80. The Kier molecular flexibility index (Phi) is 5.64. The predicted octanol–water partition coefficient (Wildman–Crippen LogP) is 10.1. The number of aromatic nitrogens is 1. The number of benzene rings is 7. The molecule has 46 heavy (non-hydrogen) atoms. The van der Waals surface area contributed by atoms with E-state index < -0.39 is 0 Å². The van der Waals surface area contributed by atoms with Gasteiger partial charge in [0.25, 0.3) is 5.99 Å². The zero-order valence-electron chi connectivity index (χ0n) is 24.9. The third-order valence-corrected chi connectivity index (χ3v) is 10.8. The number of fused-ring (bicyclic) bond motifs is 7. The average Bonchev–Trinajstić information content (AvgIpc) is 3.46. The van der Waals surface area contributed by atoms with Crippen LogP contribution >= 0.6 is 11.6 Å². The molecule has 2 nitrogen and oxygen atoms in total. The van der Waals surface area contributed by atoms with E-state index in [9.17, 15) is 0 Å². The minimum atomic E-state index is 0.133. The molecular weight excluding hydrogens is 577 g/mol. The number of hydrogen-bond acceptors (Lipinski definition) is 2. The van der Waals surface area contributed by atoms with Gasteiger partial charge in [0.1, 0.15) is 11.5 Å². The van der Waals surface area contributed by atoms with E-state index in [1.54, 1.807) is 0 Å². The van der Waals surface area contributed by atoms with Gasteiger partial charge in [0.15, 0.2) is 0 Å². The number of nitrogens with zero attached hydrogens (tertiary/aromatic N) is 1. The van der Waals surface area contributed by atoms with Crippen LogP contribution in [-0.4, -0.2) is 10.6 Å². The molecule has 10 rings (SSSR count). The highest BCUT2D eigenvalue weighted by Crippen LogP contribution is 2.45. The Morgan fingerprint density at radius 2 is 1.15 bits per heavy atom. The molecule has 0 saturated carbocycles. The number of hydrogen-bond donors (Lipinski definition) is 0. The first kappa shape index (κ1) is 25.8. The normalized spacial score (nSPS) is 12.8. The molecule has 7 aromatic carbocycles. The van der Waals surface area contributed by atoms with Crippen LogP contribution in [0.15, 0.2) is 163 Å². The largest absolute Gasteiger partial charge is 0.458 e. The highest BCUT2D eigenvalue weighted by Gasteiger charge is 2.39. The van der Waals surface area contributed by atoms with Crippen LogP contribution in [0, 0.1) is 0 Å². The van der Waals surface area contributed by atoms with Crippen molar-refractivity contribution in [3.8, 4) is 50.6 Å². The molecule has 0 amide bonds. The van der Waals surface area contributed by atoms with Crippen LogP contribution in [-0.2, 0) is 0 Å². The molecule has 0 radical (unpaired) electrons. The number of rotatable bonds is 3. The van der Waals surface area contributed by atoms with Gasteiger partial charge in [0.05, 0.1) is 16.7 Å². The van der Waals surface area contributed by atoms with Crippen molar-refractivity contribution < 1.29 is 4.74 Å². The lowest BCUT2D eigenvalue weighted by molar-refractivity contribution is 0.488. The Hall–Kier alpha value is -5.45. The van der Waals surface area contributed by atoms with E-state index in [1.807, 2.05) is 11.6 Å². The van der Waals surface area contributed by atoms with Crippen molar-refractivity contribution in [1.29, 1.82) is 0 Å². The summed E-state index contributed by atoms with van der Waals surface area (Å²) in [6.07, 6.45) is 0. The van der Waals surface area contributed by atoms with Crippen molar-refractivity contribution in [3.05, 3.63) is 158 Å². The number of para-hydroxylation sites is 3. The van der Waals surface area contributed by atoms with Crippen LogP contribution in [0.4, 0.5) is 0 Å². The van der Waals surface area contributed by atoms with Crippen molar-refractivity contribution in [2.24, 2.45) is 0 Å². The Labute approximate surface area is 271 Å². The Balaban J connectivity index is 1.16. The maximum atomic E-state index is 6.79. The Morgan fingerprint density at radius 1 is 0.478 bits per heavy atom. The van der Waals surface area contributed by atoms with E-state index in [2.05, 4.69) is 162 Å². The molecule has 2 aliphatic rings. The molecule has 0 saturated heterocycles. The van der Waals surface area contributed by atoms with E-state index in [4.69, 9.17) is 4.74 Å². The van der Waals surface area contributed by atoms with E-state index in [0.717, 1.165) is 11.5 Å². The minimum Gasteiger partial charge on any atom is -0.458 e. The topological polar surface area (TPSA) is 14.2 Å². The van der Waals surface area contributed by atoms with Gasteiger partial charge in [-0.2, -0.15) is 11.6 Å². The minimum absolute atomic E-state index is 0.133. The third-order valence-electron chi connectivity index (χ3n) is 9.48. The lowest BCUT2D eigenvalue weighted by atomic mass is 9.57. The zero-order chi connectivity index (χ0) is 30.2.